The van der Waals surface area contributed by atoms with E-state index in [2.05, 4.69) is 72.9 Å². The molecule has 144 valence electrons. The summed E-state index contributed by atoms with van der Waals surface area (Å²) in [5, 5.41) is 6.70. The van der Waals surface area contributed by atoms with Gasteiger partial charge in [-0.25, -0.2) is 10.0 Å². The van der Waals surface area contributed by atoms with Gasteiger partial charge in [-0.2, -0.15) is 5.10 Å². The molecule has 2 aliphatic heterocycles. The van der Waals surface area contributed by atoms with Crippen molar-refractivity contribution >= 4 is 12.2 Å². The maximum absolute atomic E-state index is 4.80. The van der Waals surface area contributed by atoms with Crippen LogP contribution < -0.4 is 0 Å². The third-order valence-corrected chi connectivity index (χ3v) is 5.25. The van der Waals surface area contributed by atoms with Gasteiger partial charge in [-0.1, -0.05) is 38.5 Å². The minimum Gasteiger partial charge on any atom is -0.338 e. The molecule has 0 aromatic carbocycles. The standard InChI is InChI=1S/C21H35N5/c1-7-17(3)10-9-11-18(4)20-16-22-21(26(19(20)5)23-8-2)25-14-12-24(6)13-15-25/h8-11,16-17,19H,7,12-15H2,1-6H3/b10-9-,18-11+,23-8-/t17-,19?/m1/s1. The first-order valence-corrected chi connectivity index (χ1v) is 9.82. The average molecular weight is 358 g/mol. The highest BCUT2D eigenvalue weighted by molar-refractivity contribution is 5.83. The maximum atomic E-state index is 4.80. The molecule has 1 unspecified atom stereocenters. The van der Waals surface area contributed by atoms with Crippen LogP contribution >= 0.6 is 0 Å². The second-order valence-corrected chi connectivity index (χ2v) is 7.32. The lowest BCUT2D eigenvalue weighted by Gasteiger charge is -2.40. The van der Waals surface area contributed by atoms with Gasteiger partial charge in [-0.15, -0.1) is 0 Å². The van der Waals surface area contributed by atoms with Crippen LogP contribution in [0, 0.1) is 5.92 Å². The van der Waals surface area contributed by atoms with Gasteiger partial charge in [0.2, 0.25) is 5.96 Å². The molecule has 0 aromatic rings. The van der Waals surface area contributed by atoms with Crippen molar-refractivity contribution in [2.45, 2.75) is 47.1 Å². The predicted molar refractivity (Wildman–Crippen MR) is 112 cm³/mol. The number of likely N-dealkylation sites (N-methyl/N-ethyl adjacent to an activating group) is 1. The molecule has 1 fully saturated rings. The van der Waals surface area contributed by atoms with E-state index in [0.29, 0.717) is 5.92 Å². The van der Waals surface area contributed by atoms with Crippen molar-refractivity contribution < 1.29 is 0 Å². The lowest BCUT2D eigenvalue weighted by atomic mass is 9.99. The summed E-state index contributed by atoms with van der Waals surface area (Å²) in [6, 6.07) is 0.173. The van der Waals surface area contributed by atoms with Gasteiger partial charge < -0.3 is 9.80 Å². The second kappa shape index (κ2) is 9.72. The molecular formula is C21H35N5. The van der Waals surface area contributed by atoms with Gasteiger partial charge in [0, 0.05) is 38.6 Å². The number of hydrogen-bond donors (Lipinski definition) is 0. The smallest absolute Gasteiger partial charge is 0.222 e. The Labute approximate surface area is 159 Å². The zero-order valence-electron chi connectivity index (χ0n) is 17.3. The SMILES string of the molecule is C/C=N\N1C(N2CCN(C)CC2)=NC=C(/C(C)=C/C=C\[C@H](C)CC)C1C. The normalized spacial score (nSPS) is 24.4. The molecule has 2 heterocycles. The first-order chi connectivity index (χ1) is 12.5. The molecule has 5 heteroatoms. The highest BCUT2D eigenvalue weighted by atomic mass is 15.6. The van der Waals surface area contributed by atoms with E-state index in [0.717, 1.165) is 32.1 Å². The summed E-state index contributed by atoms with van der Waals surface area (Å²) in [7, 11) is 2.17. The van der Waals surface area contributed by atoms with Crippen LogP contribution in [0.4, 0.5) is 0 Å². The van der Waals surface area contributed by atoms with Crippen molar-refractivity contribution in [2.75, 3.05) is 33.2 Å². The molecule has 26 heavy (non-hydrogen) atoms. The molecule has 2 rings (SSSR count). The molecule has 5 nitrogen and oxygen atoms in total. The quantitative estimate of drug-likeness (QED) is 0.555. The zero-order valence-corrected chi connectivity index (χ0v) is 17.3. The van der Waals surface area contributed by atoms with Crippen LogP contribution in [0.2, 0.25) is 0 Å². The Morgan fingerprint density at radius 1 is 1.35 bits per heavy atom. The summed E-state index contributed by atoms with van der Waals surface area (Å²) >= 11 is 0. The molecule has 0 aromatic heterocycles. The zero-order chi connectivity index (χ0) is 19.1. The van der Waals surface area contributed by atoms with Crippen LogP contribution in [-0.4, -0.2) is 66.3 Å². The Morgan fingerprint density at radius 2 is 2.04 bits per heavy atom. The second-order valence-electron chi connectivity index (χ2n) is 7.32. The summed E-state index contributed by atoms with van der Waals surface area (Å²) in [4.78, 5) is 9.50. The molecule has 0 N–H and O–H groups in total. The van der Waals surface area contributed by atoms with E-state index in [1.54, 1.807) is 0 Å². The van der Waals surface area contributed by atoms with Crippen molar-refractivity contribution in [2.24, 2.45) is 16.0 Å². The monoisotopic (exact) mass is 357 g/mol. The Morgan fingerprint density at radius 3 is 2.65 bits per heavy atom. The van der Waals surface area contributed by atoms with Crippen LogP contribution in [0.1, 0.15) is 41.0 Å². The van der Waals surface area contributed by atoms with Crippen LogP contribution in [0.5, 0.6) is 0 Å². The highest BCUT2D eigenvalue weighted by Gasteiger charge is 2.30. The van der Waals surface area contributed by atoms with Gasteiger partial charge in [0.05, 0.1) is 6.04 Å². The number of hydrazone groups is 1. The number of aliphatic imine (C=N–C) groups is 1. The van der Waals surface area contributed by atoms with Crippen molar-refractivity contribution in [3.8, 4) is 0 Å². The van der Waals surface area contributed by atoms with Crippen molar-refractivity contribution in [3.63, 3.8) is 0 Å². The summed E-state index contributed by atoms with van der Waals surface area (Å²) < 4.78 is 0. The van der Waals surface area contributed by atoms with E-state index in [4.69, 9.17) is 4.99 Å². The molecule has 0 amide bonds. The Kier molecular flexibility index (Phi) is 7.64. The maximum Gasteiger partial charge on any atom is 0.222 e. The molecule has 2 aliphatic rings. The van der Waals surface area contributed by atoms with Crippen molar-refractivity contribution in [1.82, 2.24) is 14.8 Å². The number of allylic oxidation sites excluding steroid dienone is 3. The molecule has 0 spiro atoms. The number of guanidine groups is 1. The molecule has 0 aliphatic carbocycles. The molecule has 0 saturated carbocycles. The fraction of sp³-hybridized carbons (Fsp3) is 0.619. The molecule has 0 radical (unpaired) electrons. The Hall–Kier alpha value is -1.88. The van der Waals surface area contributed by atoms with E-state index in [9.17, 15) is 0 Å². The van der Waals surface area contributed by atoms with E-state index in [-0.39, 0.29) is 6.04 Å². The van der Waals surface area contributed by atoms with Crippen molar-refractivity contribution in [1.29, 1.82) is 0 Å². The van der Waals surface area contributed by atoms with Gasteiger partial charge in [-0.05, 0) is 44.9 Å². The van der Waals surface area contributed by atoms with Gasteiger partial charge >= 0.3 is 0 Å². The minimum atomic E-state index is 0.173. The Bertz CT molecular complexity index is 606. The van der Waals surface area contributed by atoms with E-state index >= 15 is 0 Å². The number of piperazine rings is 1. The number of nitrogens with zero attached hydrogens (tertiary/aromatic N) is 5. The summed E-state index contributed by atoms with van der Waals surface area (Å²) in [5.74, 6) is 1.58. The first kappa shape index (κ1) is 20.4. The minimum absolute atomic E-state index is 0.173. The molecule has 1 saturated heterocycles. The van der Waals surface area contributed by atoms with Gasteiger partial charge in [0.1, 0.15) is 0 Å². The van der Waals surface area contributed by atoms with Crippen LogP contribution in [0.15, 0.2) is 45.7 Å². The topological polar surface area (TPSA) is 34.4 Å². The number of hydrogen-bond acceptors (Lipinski definition) is 5. The highest BCUT2D eigenvalue weighted by Crippen LogP contribution is 2.25. The molecular weight excluding hydrogens is 322 g/mol. The lowest BCUT2D eigenvalue weighted by molar-refractivity contribution is 0.191. The lowest BCUT2D eigenvalue weighted by Crippen LogP contribution is -2.54. The van der Waals surface area contributed by atoms with Crippen molar-refractivity contribution in [3.05, 3.63) is 35.6 Å². The van der Waals surface area contributed by atoms with Crippen LogP contribution in [-0.2, 0) is 0 Å². The van der Waals surface area contributed by atoms with Gasteiger partial charge in [-0.3, -0.25) is 0 Å². The third kappa shape index (κ3) is 5.07. The predicted octanol–water partition coefficient (Wildman–Crippen LogP) is 3.73. The summed E-state index contributed by atoms with van der Waals surface area (Å²) in [6.45, 7) is 14.9. The summed E-state index contributed by atoms with van der Waals surface area (Å²) in [5.41, 5.74) is 2.47. The average Bonchev–Trinajstić information content (AvgIpc) is 2.64. The third-order valence-electron chi connectivity index (χ3n) is 5.25. The van der Waals surface area contributed by atoms with E-state index in [1.807, 2.05) is 19.3 Å². The van der Waals surface area contributed by atoms with Crippen LogP contribution in [0.3, 0.4) is 0 Å². The first-order valence-electron chi connectivity index (χ1n) is 9.82. The fourth-order valence-corrected chi connectivity index (χ4v) is 3.16. The summed E-state index contributed by atoms with van der Waals surface area (Å²) in [6.07, 6.45) is 11.7. The van der Waals surface area contributed by atoms with Gasteiger partial charge in [0.15, 0.2) is 0 Å². The van der Waals surface area contributed by atoms with E-state index < -0.39 is 0 Å². The largest absolute Gasteiger partial charge is 0.338 e. The van der Waals surface area contributed by atoms with Gasteiger partial charge in [0.25, 0.3) is 0 Å². The van der Waals surface area contributed by atoms with Crippen LogP contribution in [0.25, 0.3) is 0 Å². The molecule has 2 atom stereocenters. The van der Waals surface area contributed by atoms with E-state index in [1.165, 1.54) is 17.6 Å². The fourth-order valence-electron chi connectivity index (χ4n) is 3.16. The number of rotatable bonds is 5. The molecule has 0 bridgehead atoms. The Balaban J connectivity index is 2.23.